The highest BCUT2D eigenvalue weighted by Gasteiger charge is 2.41. The van der Waals surface area contributed by atoms with Crippen molar-refractivity contribution in [3.05, 3.63) is 58.6 Å². The van der Waals surface area contributed by atoms with Crippen LogP contribution in [0.2, 0.25) is 5.02 Å². The van der Waals surface area contributed by atoms with Crippen molar-refractivity contribution in [3.8, 4) is 5.75 Å². The smallest absolute Gasteiger partial charge is 0.341 e. The number of esters is 1. The van der Waals surface area contributed by atoms with Crippen LogP contribution in [0.4, 0.5) is 5.69 Å². The number of nitrogens with one attached hydrogen (secondary N) is 1. The SMILES string of the molecule is CCOC(=O)c1cc(NC(=O)C2(c3ccc(Cl)cc3)CCOCC2)ccc1OC. The van der Waals surface area contributed by atoms with E-state index in [4.69, 9.17) is 25.8 Å². The highest BCUT2D eigenvalue weighted by atomic mass is 35.5. The number of ether oxygens (including phenoxy) is 3. The van der Waals surface area contributed by atoms with E-state index in [9.17, 15) is 9.59 Å². The summed E-state index contributed by atoms with van der Waals surface area (Å²) in [6.45, 7) is 2.97. The van der Waals surface area contributed by atoms with Gasteiger partial charge in [-0.2, -0.15) is 0 Å². The summed E-state index contributed by atoms with van der Waals surface area (Å²) >= 11 is 6.03. The maximum Gasteiger partial charge on any atom is 0.341 e. The summed E-state index contributed by atoms with van der Waals surface area (Å²) in [6, 6.07) is 12.2. The lowest BCUT2D eigenvalue weighted by Gasteiger charge is -2.36. The van der Waals surface area contributed by atoms with Gasteiger partial charge in [-0.3, -0.25) is 4.79 Å². The molecule has 2 aromatic rings. The van der Waals surface area contributed by atoms with E-state index in [1.54, 1.807) is 37.3 Å². The number of carbonyl (C=O) groups is 2. The van der Waals surface area contributed by atoms with E-state index in [0.717, 1.165) is 5.56 Å². The Balaban J connectivity index is 1.91. The molecule has 1 N–H and O–H groups in total. The molecule has 0 spiro atoms. The standard InChI is InChI=1S/C22H24ClNO5/c1-3-29-20(25)18-14-17(8-9-19(18)27-2)24-21(26)22(10-12-28-13-11-22)15-4-6-16(23)7-5-15/h4-9,14H,3,10-13H2,1-2H3,(H,24,26). The van der Waals surface area contributed by atoms with Crippen molar-refractivity contribution in [1.29, 1.82) is 0 Å². The van der Waals surface area contributed by atoms with Crippen LogP contribution in [-0.2, 0) is 19.7 Å². The Labute approximate surface area is 175 Å². The third-order valence-electron chi connectivity index (χ3n) is 5.13. The molecule has 154 valence electrons. The van der Waals surface area contributed by atoms with Gasteiger partial charge in [0.15, 0.2) is 0 Å². The lowest BCUT2D eigenvalue weighted by Crippen LogP contribution is -2.44. The van der Waals surface area contributed by atoms with Gasteiger partial charge in [0.05, 0.1) is 19.1 Å². The second-order valence-corrected chi connectivity index (χ2v) is 7.23. The lowest BCUT2D eigenvalue weighted by molar-refractivity contribution is -0.125. The van der Waals surface area contributed by atoms with E-state index in [2.05, 4.69) is 5.32 Å². The molecule has 0 saturated carbocycles. The number of anilines is 1. The first-order chi connectivity index (χ1) is 14.0. The molecule has 1 saturated heterocycles. The van der Waals surface area contributed by atoms with Crippen molar-refractivity contribution >= 4 is 29.2 Å². The van der Waals surface area contributed by atoms with Gasteiger partial charge in [0.25, 0.3) is 0 Å². The molecule has 0 unspecified atom stereocenters. The van der Waals surface area contributed by atoms with Gasteiger partial charge in [0, 0.05) is 23.9 Å². The molecule has 1 aliphatic rings. The number of halogens is 1. The van der Waals surface area contributed by atoms with E-state index in [-0.39, 0.29) is 18.1 Å². The van der Waals surface area contributed by atoms with Crippen molar-refractivity contribution in [3.63, 3.8) is 0 Å². The molecule has 0 bridgehead atoms. The maximum atomic E-state index is 13.4. The summed E-state index contributed by atoms with van der Waals surface area (Å²) in [5, 5.41) is 3.58. The number of carbonyl (C=O) groups excluding carboxylic acids is 2. The third kappa shape index (κ3) is 4.54. The minimum absolute atomic E-state index is 0.150. The van der Waals surface area contributed by atoms with Crippen LogP contribution in [0.15, 0.2) is 42.5 Å². The van der Waals surface area contributed by atoms with Gasteiger partial charge >= 0.3 is 5.97 Å². The van der Waals surface area contributed by atoms with Gasteiger partial charge in [0.1, 0.15) is 11.3 Å². The minimum atomic E-state index is -0.729. The number of methoxy groups -OCH3 is 1. The van der Waals surface area contributed by atoms with Crippen LogP contribution in [0.3, 0.4) is 0 Å². The van der Waals surface area contributed by atoms with Crippen LogP contribution in [0.1, 0.15) is 35.7 Å². The molecular weight excluding hydrogens is 394 g/mol. The predicted molar refractivity (Wildman–Crippen MR) is 111 cm³/mol. The topological polar surface area (TPSA) is 73.9 Å². The fraction of sp³-hybridized carbons (Fsp3) is 0.364. The summed E-state index contributed by atoms with van der Waals surface area (Å²) in [5.41, 5.74) is 0.924. The number of rotatable bonds is 6. The van der Waals surface area contributed by atoms with E-state index in [1.165, 1.54) is 7.11 Å². The molecule has 2 aromatic carbocycles. The Kier molecular flexibility index (Phi) is 6.77. The van der Waals surface area contributed by atoms with E-state index >= 15 is 0 Å². The van der Waals surface area contributed by atoms with Crippen molar-refractivity contribution in [2.24, 2.45) is 0 Å². The minimum Gasteiger partial charge on any atom is -0.496 e. The monoisotopic (exact) mass is 417 g/mol. The van der Waals surface area contributed by atoms with Crippen LogP contribution in [0, 0.1) is 0 Å². The van der Waals surface area contributed by atoms with E-state index < -0.39 is 11.4 Å². The van der Waals surface area contributed by atoms with Crippen molar-refractivity contribution < 1.29 is 23.8 Å². The zero-order chi connectivity index (χ0) is 20.9. The fourth-order valence-corrected chi connectivity index (χ4v) is 3.67. The van der Waals surface area contributed by atoms with Gasteiger partial charge in [0.2, 0.25) is 5.91 Å². The Morgan fingerprint density at radius 2 is 1.83 bits per heavy atom. The first-order valence-electron chi connectivity index (χ1n) is 9.50. The average molecular weight is 418 g/mol. The summed E-state index contributed by atoms with van der Waals surface area (Å²) in [7, 11) is 1.48. The molecule has 0 aliphatic carbocycles. The van der Waals surface area contributed by atoms with E-state index in [0.29, 0.717) is 42.5 Å². The molecule has 7 heteroatoms. The van der Waals surface area contributed by atoms with Gasteiger partial charge in [-0.25, -0.2) is 4.79 Å². The summed E-state index contributed by atoms with van der Waals surface area (Å²) in [5.74, 6) is -0.262. The lowest BCUT2D eigenvalue weighted by atomic mass is 9.73. The van der Waals surface area contributed by atoms with Crippen LogP contribution in [0.25, 0.3) is 0 Å². The highest BCUT2D eigenvalue weighted by Crippen LogP contribution is 2.37. The van der Waals surface area contributed by atoms with Gasteiger partial charge in [-0.15, -0.1) is 0 Å². The van der Waals surface area contributed by atoms with Crippen LogP contribution >= 0.6 is 11.6 Å². The Hall–Kier alpha value is -2.57. The number of benzene rings is 2. The fourth-order valence-electron chi connectivity index (χ4n) is 3.54. The Bertz CT molecular complexity index is 875. The molecule has 3 rings (SSSR count). The molecular formula is C22H24ClNO5. The molecule has 1 heterocycles. The molecule has 0 atom stereocenters. The molecule has 1 fully saturated rings. The molecule has 29 heavy (non-hydrogen) atoms. The molecule has 1 aliphatic heterocycles. The normalized spacial score (nSPS) is 15.4. The van der Waals surface area contributed by atoms with Crippen LogP contribution in [0.5, 0.6) is 5.75 Å². The molecule has 0 aromatic heterocycles. The summed E-state index contributed by atoms with van der Waals surface area (Å²) in [6.07, 6.45) is 1.11. The number of hydrogen-bond acceptors (Lipinski definition) is 5. The zero-order valence-corrected chi connectivity index (χ0v) is 17.3. The number of hydrogen-bond donors (Lipinski definition) is 1. The Morgan fingerprint density at radius 3 is 2.45 bits per heavy atom. The number of amides is 1. The quantitative estimate of drug-likeness (QED) is 0.712. The van der Waals surface area contributed by atoms with Crippen molar-refractivity contribution in [2.45, 2.75) is 25.2 Å². The molecule has 0 radical (unpaired) electrons. The van der Waals surface area contributed by atoms with Gasteiger partial charge in [-0.05, 0) is 55.7 Å². The first kappa shape index (κ1) is 21.1. The maximum absolute atomic E-state index is 13.4. The molecule has 1 amide bonds. The first-order valence-corrected chi connectivity index (χ1v) is 9.88. The zero-order valence-electron chi connectivity index (χ0n) is 16.5. The van der Waals surface area contributed by atoms with Crippen LogP contribution in [-0.4, -0.2) is 38.8 Å². The van der Waals surface area contributed by atoms with Gasteiger partial charge in [-0.1, -0.05) is 23.7 Å². The second-order valence-electron chi connectivity index (χ2n) is 6.79. The van der Waals surface area contributed by atoms with Gasteiger partial charge < -0.3 is 19.5 Å². The summed E-state index contributed by atoms with van der Waals surface area (Å²) in [4.78, 5) is 25.6. The van der Waals surface area contributed by atoms with E-state index in [1.807, 2.05) is 12.1 Å². The predicted octanol–water partition coefficient (Wildman–Crippen LogP) is 4.21. The average Bonchev–Trinajstić information content (AvgIpc) is 2.74. The Morgan fingerprint density at radius 1 is 1.14 bits per heavy atom. The molecule has 6 nitrogen and oxygen atoms in total. The third-order valence-corrected chi connectivity index (χ3v) is 5.38. The summed E-state index contributed by atoms with van der Waals surface area (Å²) < 4.78 is 15.8. The second kappa shape index (κ2) is 9.29. The van der Waals surface area contributed by atoms with Crippen molar-refractivity contribution in [2.75, 3.05) is 32.2 Å². The highest BCUT2D eigenvalue weighted by molar-refractivity contribution is 6.30. The largest absolute Gasteiger partial charge is 0.496 e. The van der Waals surface area contributed by atoms with Crippen molar-refractivity contribution in [1.82, 2.24) is 0 Å². The van der Waals surface area contributed by atoms with Crippen LogP contribution < -0.4 is 10.1 Å².